The lowest BCUT2D eigenvalue weighted by molar-refractivity contribution is -0.135. The zero-order chi connectivity index (χ0) is 69.8. The number of halogens is 6. The summed E-state index contributed by atoms with van der Waals surface area (Å²) >= 11 is 24.1. The average Bonchev–Trinajstić information content (AvgIpc) is 1.17. The van der Waals surface area contributed by atoms with E-state index in [4.69, 9.17) is 66.3 Å². The Morgan fingerprint density at radius 3 is 1.06 bits per heavy atom. The van der Waals surface area contributed by atoms with Crippen LogP contribution < -0.4 is 46.6 Å². The summed E-state index contributed by atoms with van der Waals surface area (Å²) in [6.07, 6.45) is 13.4. The van der Waals surface area contributed by atoms with Gasteiger partial charge in [-0.1, -0.05) is 77.4 Å². The molecular weight excluding hydrogens is 1370 g/mol. The summed E-state index contributed by atoms with van der Waals surface area (Å²) in [5.74, 6) is 3.42. The highest BCUT2D eigenvalue weighted by Crippen LogP contribution is 2.30. The van der Waals surface area contributed by atoms with E-state index >= 15 is 0 Å². The Kier molecular flexibility index (Phi) is 23.3. The third kappa shape index (κ3) is 17.6. The van der Waals surface area contributed by atoms with Crippen molar-refractivity contribution in [3.63, 3.8) is 0 Å². The van der Waals surface area contributed by atoms with Crippen molar-refractivity contribution < 1.29 is 23.2 Å². The zero-order valence-electron chi connectivity index (χ0n) is 55.7. The lowest BCUT2D eigenvalue weighted by Crippen LogP contribution is -2.55. The summed E-state index contributed by atoms with van der Waals surface area (Å²) in [6.45, 7) is 11.5. The molecule has 30 heteroatoms. The van der Waals surface area contributed by atoms with Crippen LogP contribution in [-0.4, -0.2) is 194 Å². The van der Waals surface area contributed by atoms with E-state index in [-0.39, 0.29) is 60.6 Å². The van der Waals surface area contributed by atoms with E-state index in [9.17, 15) is 23.2 Å². The van der Waals surface area contributed by atoms with Crippen LogP contribution in [0.5, 0.6) is 0 Å². The molecule has 6 saturated heterocycles. The van der Waals surface area contributed by atoms with Gasteiger partial charge in [0.25, 0.3) is 0 Å². The van der Waals surface area contributed by atoms with Gasteiger partial charge in [0, 0.05) is 148 Å². The third-order valence-corrected chi connectivity index (χ3v) is 20.0. The Morgan fingerprint density at radius 1 is 0.406 bits per heavy atom. The molecule has 12 heterocycles. The molecule has 9 aromatic rings. The van der Waals surface area contributed by atoms with E-state index in [1.165, 1.54) is 12.1 Å². The smallest absolute Gasteiger partial charge is 0.239 e. The molecule has 6 N–H and O–H groups in total. The van der Waals surface area contributed by atoms with E-state index in [2.05, 4.69) is 71.5 Å². The minimum atomic E-state index is -0.371. The monoisotopic (exact) mass is 1450 g/mol. The van der Waals surface area contributed by atoms with Crippen LogP contribution in [0.15, 0.2) is 110 Å². The molecule has 0 aliphatic carbocycles. The van der Waals surface area contributed by atoms with Crippen molar-refractivity contribution in [2.45, 2.75) is 89.1 Å². The summed E-state index contributed by atoms with van der Waals surface area (Å²) in [6, 6.07) is 25.8. The van der Waals surface area contributed by atoms with E-state index < -0.39 is 0 Å². The van der Waals surface area contributed by atoms with Gasteiger partial charge in [-0.25, -0.2) is 23.7 Å². The molecule has 6 aromatic heterocycles. The number of anilines is 6. The molecule has 0 unspecified atom stereocenters. The Labute approximate surface area is 603 Å². The second-order valence-corrected chi connectivity index (χ2v) is 27.3. The van der Waals surface area contributed by atoms with Gasteiger partial charge in [-0.05, 0) is 137 Å². The molecule has 6 aliphatic rings. The van der Waals surface area contributed by atoms with Gasteiger partial charge in [-0.15, -0.1) is 0 Å². The highest BCUT2D eigenvalue weighted by molar-refractivity contribution is 6.35. The number of nitrogens with one attached hydrogen (secondary N) is 6. The van der Waals surface area contributed by atoms with Crippen molar-refractivity contribution in [3.05, 3.63) is 158 Å². The Bertz CT molecular complexity index is 4210. The second kappa shape index (κ2) is 33.4. The van der Waals surface area contributed by atoms with Crippen molar-refractivity contribution in [3.8, 4) is 0 Å². The van der Waals surface area contributed by atoms with Gasteiger partial charge in [0.15, 0.2) is 16.9 Å². The van der Waals surface area contributed by atoms with Crippen LogP contribution in [0.2, 0.25) is 20.1 Å². The number of piperazine rings is 3. The van der Waals surface area contributed by atoms with E-state index in [0.29, 0.717) is 169 Å². The maximum Gasteiger partial charge on any atom is 0.239 e. The van der Waals surface area contributed by atoms with Crippen molar-refractivity contribution in [1.29, 1.82) is 0 Å². The standard InChI is InChI=1S/C24H27Cl2N7O.C24H27ClFN7O.C23H25ClFN7O/c2*25-17-7-6-16(19(26)14-17)15-29-22-18-4-3-9-28-21(18)30-24(31-22)33-12-10-32(11-13-33)23(34)20-5-1-2-8-27-20;24-16-6-5-15(18(25)13-16)14-28-21-17-3-1-8-27-20(17)29-23(30-21)32-11-9-31(10-12-32)22(33)19-4-2-7-26-19/h2*3-4,6-7,9,14,20,27H,1-2,5,8,10-13,15H2,(H,28,29,30,31);1,3,5-6,8,13,19,26H,2,4,7,9-12,14H2,(H,27,28,29,30)/t2*20-;19-/m111/s1. The molecule has 0 saturated carbocycles. The molecule has 101 heavy (non-hydrogen) atoms. The average molecular weight is 1450 g/mol. The molecule has 3 atom stereocenters. The fourth-order valence-electron chi connectivity index (χ4n) is 13.3. The number of amides is 3. The van der Waals surface area contributed by atoms with E-state index in [1.54, 1.807) is 48.9 Å². The first kappa shape index (κ1) is 70.7. The molecule has 0 bridgehead atoms. The second-order valence-electron chi connectivity index (χ2n) is 25.6. The SMILES string of the molecule is O=C([C@H]1CCCCN1)N1CCN(c2nc(NCc3ccc(Cl)cc3Cl)c3cccnc3n2)CC1.O=C([C@H]1CCCCN1)N1CCN(c2nc(NCc3ccc(Cl)cc3F)c3cccnc3n2)CC1.O=C([C@H]1CCCN1)N1CCN(c2nc(NCc3ccc(Cl)cc3F)c3cccnc3n2)CC1. The topological polar surface area (TPSA) is 259 Å². The minimum Gasteiger partial charge on any atom is -0.365 e. The van der Waals surface area contributed by atoms with Crippen molar-refractivity contribution in [1.82, 2.24) is 75.5 Å². The molecule has 6 aliphatic heterocycles. The third-order valence-electron chi connectivity index (χ3n) is 19.0. The number of carbonyl (C=O) groups excluding carboxylic acids is 3. The van der Waals surface area contributed by atoms with Gasteiger partial charge in [0.05, 0.1) is 34.3 Å². The molecular formula is C71H79Cl4F2N21O3. The van der Waals surface area contributed by atoms with Gasteiger partial charge in [0.1, 0.15) is 29.1 Å². The molecule has 0 spiro atoms. The van der Waals surface area contributed by atoms with E-state index in [0.717, 1.165) is 92.7 Å². The highest BCUT2D eigenvalue weighted by atomic mass is 35.5. The fourth-order valence-corrected chi connectivity index (χ4v) is 14.1. The van der Waals surface area contributed by atoms with E-state index in [1.807, 2.05) is 63.2 Å². The number of hydrogen-bond donors (Lipinski definition) is 6. The lowest BCUT2D eigenvalue weighted by Gasteiger charge is -2.37. The first-order valence-electron chi connectivity index (χ1n) is 34.5. The van der Waals surface area contributed by atoms with Crippen molar-refractivity contribution in [2.24, 2.45) is 0 Å². The summed E-state index contributed by atoms with van der Waals surface area (Å²) in [5.41, 5.74) is 3.66. The fraction of sp³-hybridized carbons (Fsp3) is 0.408. The number of benzene rings is 3. The van der Waals surface area contributed by atoms with Gasteiger partial charge in [0.2, 0.25) is 35.6 Å². The molecule has 15 rings (SSSR count). The molecule has 0 radical (unpaired) electrons. The number of nitrogens with zero attached hydrogens (tertiary/aromatic N) is 15. The largest absolute Gasteiger partial charge is 0.365 e. The predicted molar refractivity (Wildman–Crippen MR) is 392 cm³/mol. The van der Waals surface area contributed by atoms with Gasteiger partial charge in [-0.3, -0.25) is 14.4 Å². The Hall–Kier alpha value is -8.76. The quantitative estimate of drug-likeness (QED) is 0.0558. The Balaban J connectivity index is 0.000000135. The van der Waals surface area contributed by atoms with Crippen LogP contribution in [0.25, 0.3) is 33.1 Å². The number of piperidine rings is 2. The number of hydrogen-bond acceptors (Lipinski definition) is 21. The molecule has 528 valence electrons. The first-order valence-corrected chi connectivity index (χ1v) is 36.0. The number of rotatable bonds is 15. The highest BCUT2D eigenvalue weighted by Gasteiger charge is 2.33. The van der Waals surface area contributed by atoms with Crippen LogP contribution in [0, 0.1) is 11.6 Å². The summed E-state index contributed by atoms with van der Waals surface area (Å²) in [7, 11) is 0. The molecule has 6 fully saturated rings. The summed E-state index contributed by atoms with van der Waals surface area (Å²) in [4.78, 5) is 92.0. The molecule has 24 nitrogen and oxygen atoms in total. The van der Waals surface area contributed by atoms with Crippen LogP contribution in [0.3, 0.4) is 0 Å². The van der Waals surface area contributed by atoms with Crippen molar-refractivity contribution >= 4 is 133 Å². The summed E-state index contributed by atoms with van der Waals surface area (Å²) in [5, 5.41) is 24.1. The number of pyridine rings is 3. The Morgan fingerprint density at radius 2 is 0.733 bits per heavy atom. The van der Waals surface area contributed by atoms with Crippen molar-refractivity contribution in [2.75, 3.05) is 129 Å². The maximum absolute atomic E-state index is 14.3. The van der Waals surface area contributed by atoms with Crippen LogP contribution in [-0.2, 0) is 34.0 Å². The first-order chi connectivity index (χ1) is 49.2. The van der Waals surface area contributed by atoms with Crippen LogP contribution >= 0.6 is 46.4 Å². The number of fused-ring (bicyclic) bond motifs is 3. The van der Waals surface area contributed by atoms with Gasteiger partial charge in [-0.2, -0.15) is 29.9 Å². The summed E-state index contributed by atoms with van der Waals surface area (Å²) < 4.78 is 28.5. The normalized spacial score (nSPS) is 18.8. The number of aromatic nitrogens is 9. The van der Waals surface area contributed by atoms with Gasteiger partial charge < -0.3 is 61.3 Å². The van der Waals surface area contributed by atoms with Crippen LogP contribution in [0.4, 0.5) is 44.1 Å². The van der Waals surface area contributed by atoms with Crippen LogP contribution in [0.1, 0.15) is 68.1 Å². The molecule has 3 amide bonds. The maximum atomic E-state index is 14.3. The molecule has 3 aromatic carbocycles. The predicted octanol–water partition coefficient (Wildman–Crippen LogP) is 9.78. The zero-order valence-corrected chi connectivity index (χ0v) is 58.7. The minimum absolute atomic E-state index is 0.0445. The van der Waals surface area contributed by atoms with Gasteiger partial charge >= 0.3 is 0 Å². The number of carbonyl (C=O) groups is 3. The lowest BCUT2D eigenvalue weighted by atomic mass is 10.0.